The van der Waals surface area contributed by atoms with Gasteiger partial charge in [-0.05, 0) is 31.5 Å². The van der Waals surface area contributed by atoms with Crippen LogP contribution >= 0.6 is 0 Å². The molecule has 0 radical (unpaired) electrons. The molecule has 0 amide bonds. The number of ether oxygens (including phenoxy) is 1. The molecule has 1 fully saturated rings. The van der Waals surface area contributed by atoms with Crippen molar-refractivity contribution >= 4 is 0 Å². The Kier molecular flexibility index (Phi) is 5.45. The van der Waals surface area contributed by atoms with Gasteiger partial charge in [-0.25, -0.2) is 0 Å². The van der Waals surface area contributed by atoms with Gasteiger partial charge in [0.15, 0.2) is 0 Å². The Morgan fingerprint density at radius 1 is 1.50 bits per heavy atom. The number of hydrogen-bond acceptors (Lipinski definition) is 3. The highest BCUT2D eigenvalue weighted by Gasteiger charge is 2.24. The predicted octanol–water partition coefficient (Wildman–Crippen LogP) is 0.810. The van der Waals surface area contributed by atoms with E-state index < -0.39 is 0 Å². The zero-order chi connectivity index (χ0) is 10.4. The normalized spacial score (nSPS) is 19.7. The van der Waals surface area contributed by atoms with Gasteiger partial charge in [0.25, 0.3) is 0 Å². The van der Waals surface area contributed by atoms with Gasteiger partial charge in [0.1, 0.15) is 0 Å². The summed E-state index contributed by atoms with van der Waals surface area (Å²) in [7, 11) is 1.77. The maximum absolute atomic E-state index is 5.10. The minimum Gasteiger partial charge on any atom is -0.383 e. The molecule has 0 bridgehead atoms. The maximum Gasteiger partial charge on any atom is 0.0589 e. The highest BCUT2D eigenvalue weighted by atomic mass is 16.5. The first-order valence-corrected chi connectivity index (χ1v) is 5.70. The van der Waals surface area contributed by atoms with Crippen LogP contribution in [0.4, 0.5) is 0 Å². The molecule has 0 saturated carbocycles. The van der Waals surface area contributed by atoms with E-state index in [2.05, 4.69) is 24.1 Å². The van der Waals surface area contributed by atoms with Crippen LogP contribution in [0, 0.1) is 11.8 Å². The van der Waals surface area contributed by atoms with E-state index >= 15 is 0 Å². The summed E-state index contributed by atoms with van der Waals surface area (Å²) in [4.78, 5) is 2.48. The van der Waals surface area contributed by atoms with Gasteiger partial charge in [-0.3, -0.25) is 0 Å². The van der Waals surface area contributed by atoms with Crippen molar-refractivity contribution in [2.45, 2.75) is 13.8 Å². The van der Waals surface area contributed by atoms with Crippen LogP contribution < -0.4 is 5.32 Å². The Labute approximate surface area is 87.8 Å². The third-order valence-corrected chi connectivity index (χ3v) is 3.22. The van der Waals surface area contributed by atoms with Crippen LogP contribution in [0.3, 0.4) is 0 Å². The molecule has 1 saturated heterocycles. The van der Waals surface area contributed by atoms with Crippen LogP contribution in [-0.2, 0) is 4.74 Å². The standard InChI is InChI=1S/C11H24N2O/c1-4-13(5-6-14-3)9-10(2)11-7-12-8-11/h10-12H,4-9H2,1-3H3. The molecule has 0 aliphatic carbocycles. The van der Waals surface area contributed by atoms with Crippen molar-refractivity contribution in [2.24, 2.45) is 11.8 Å². The third kappa shape index (κ3) is 3.56. The molecule has 14 heavy (non-hydrogen) atoms. The Morgan fingerprint density at radius 2 is 2.21 bits per heavy atom. The maximum atomic E-state index is 5.10. The summed E-state index contributed by atoms with van der Waals surface area (Å²) in [6, 6.07) is 0. The lowest BCUT2D eigenvalue weighted by atomic mass is 9.88. The van der Waals surface area contributed by atoms with Crippen LogP contribution in [0.15, 0.2) is 0 Å². The van der Waals surface area contributed by atoms with Crippen molar-refractivity contribution in [1.29, 1.82) is 0 Å². The minimum absolute atomic E-state index is 0.813. The van der Waals surface area contributed by atoms with Gasteiger partial charge < -0.3 is 15.0 Å². The van der Waals surface area contributed by atoms with Gasteiger partial charge >= 0.3 is 0 Å². The summed E-state index contributed by atoms with van der Waals surface area (Å²) in [5.41, 5.74) is 0. The summed E-state index contributed by atoms with van der Waals surface area (Å²) in [5, 5.41) is 3.33. The average molecular weight is 200 g/mol. The van der Waals surface area contributed by atoms with Crippen LogP contribution in [0.25, 0.3) is 0 Å². The molecule has 3 nitrogen and oxygen atoms in total. The zero-order valence-corrected chi connectivity index (χ0v) is 9.75. The van der Waals surface area contributed by atoms with E-state index in [0.29, 0.717) is 0 Å². The van der Waals surface area contributed by atoms with Crippen LogP contribution in [0.1, 0.15) is 13.8 Å². The van der Waals surface area contributed by atoms with Crippen LogP contribution in [0.2, 0.25) is 0 Å². The van der Waals surface area contributed by atoms with Gasteiger partial charge in [0, 0.05) is 20.2 Å². The molecule has 1 rings (SSSR count). The van der Waals surface area contributed by atoms with Crippen LogP contribution in [0.5, 0.6) is 0 Å². The van der Waals surface area contributed by atoms with Crippen molar-refractivity contribution < 1.29 is 4.74 Å². The Hall–Kier alpha value is -0.120. The van der Waals surface area contributed by atoms with Gasteiger partial charge in [-0.1, -0.05) is 13.8 Å². The van der Waals surface area contributed by atoms with Gasteiger partial charge in [0.05, 0.1) is 6.61 Å². The van der Waals surface area contributed by atoms with Crippen molar-refractivity contribution in [1.82, 2.24) is 10.2 Å². The van der Waals surface area contributed by atoms with Crippen molar-refractivity contribution in [3.8, 4) is 0 Å². The summed E-state index contributed by atoms with van der Waals surface area (Å²) < 4.78 is 5.10. The molecule has 0 aromatic heterocycles. The Bertz CT molecular complexity index is 148. The fourth-order valence-corrected chi connectivity index (χ4v) is 1.87. The second-order valence-electron chi connectivity index (χ2n) is 4.28. The molecule has 1 aliphatic heterocycles. The molecular formula is C11H24N2O. The molecule has 84 valence electrons. The Morgan fingerprint density at radius 3 is 2.64 bits per heavy atom. The molecule has 1 atom stereocenters. The van der Waals surface area contributed by atoms with E-state index in [9.17, 15) is 0 Å². The van der Waals surface area contributed by atoms with E-state index in [4.69, 9.17) is 4.74 Å². The molecule has 1 aliphatic rings. The van der Waals surface area contributed by atoms with Crippen molar-refractivity contribution in [2.75, 3.05) is 46.4 Å². The highest BCUT2D eigenvalue weighted by molar-refractivity contribution is 4.80. The quantitative estimate of drug-likeness (QED) is 0.658. The Balaban J connectivity index is 2.16. The summed E-state index contributed by atoms with van der Waals surface area (Å²) in [5.74, 6) is 1.71. The summed E-state index contributed by atoms with van der Waals surface area (Å²) in [6.07, 6.45) is 0. The second kappa shape index (κ2) is 6.38. The molecule has 1 heterocycles. The SMILES string of the molecule is CCN(CCOC)CC(C)C1CNC1. The highest BCUT2D eigenvalue weighted by Crippen LogP contribution is 2.16. The number of likely N-dealkylation sites (N-methyl/N-ethyl adjacent to an activating group) is 1. The van der Waals surface area contributed by atoms with Gasteiger partial charge in [-0.2, -0.15) is 0 Å². The zero-order valence-electron chi connectivity index (χ0n) is 9.75. The minimum atomic E-state index is 0.813. The van der Waals surface area contributed by atoms with Gasteiger partial charge in [0.2, 0.25) is 0 Å². The molecule has 1 unspecified atom stereocenters. The molecular weight excluding hydrogens is 176 g/mol. The number of rotatable bonds is 7. The lowest BCUT2D eigenvalue weighted by Gasteiger charge is -2.35. The molecule has 3 heteroatoms. The van der Waals surface area contributed by atoms with Crippen molar-refractivity contribution in [3.63, 3.8) is 0 Å². The summed E-state index contributed by atoms with van der Waals surface area (Å²) >= 11 is 0. The smallest absolute Gasteiger partial charge is 0.0589 e. The average Bonchev–Trinajstić information content (AvgIpc) is 2.09. The second-order valence-corrected chi connectivity index (χ2v) is 4.28. The predicted molar refractivity (Wildman–Crippen MR) is 59.5 cm³/mol. The lowest BCUT2D eigenvalue weighted by molar-refractivity contribution is 0.122. The lowest BCUT2D eigenvalue weighted by Crippen LogP contribution is -2.48. The summed E-state index contributed by atoms with van der Waals surface area (Å²) in [6.45, 7) is 11.3. The van der Waals surface area contributed by atoms with E-state index in [1.165, 1.54) is 19.6 Å². The molecule has 0 aromatic carbocycles. The van der Waals surface area contributed by atoms with E-state index in [1.54, 1.807) is 7.11 Å². The fraction of sp³-hybridized carbons (Fsp3) is 1.00. The van der Waals surface area contributed by atoms with E-state index in [-0.39, 0.29) is 0 Å². The number of methoxy groups -OCH3 is 1. The fourth-order valence-electron chi connectivity index (χ4n) is 1.87. The van der Waals surface area contributed by atoms with E-state index in [1.807, 2.05) is 0 Å². The largest absolute Gasteiger partial charge is 0.383 e. The first kappa shape index (κ1) is 12.0. The van der Waals surface area contributed by atoms with Crippen molar-refractivity contribution in [3.05, 3.63) is 0 Å². The van der Waals surface area contributed by atoms with Gasteiger partial charge in [-0.15, -0.1) is 0 Å². The molecule has 0 aromatic rings. The topological polar surface area (TPSA) is 24.5 Å². The first-order chi connectivity index (χ1) is 6.77. The first-order valence-electron chi connectivity index (χ1n) is 5.70. The molecule has 0 spiro atoms. The third-order valence-electron chi connectivity index (χ3n) is 3.22. The molecule has 1 N–H and O–H groups in total. The number of nitrogens with one attached hydrogen (secondary N) is 1. The number of nitrogens with zero attached hydrogens (tertiary/aromatic N) is 1. The van der Waals surface area contributed by atoms with Crippen LogP contribution in [-0.4, -0.2) is 51.3 Å². The number of hydrogen-bond donors (Lipinski definition) is 1. The van der Waals surface area contributed by atoms with E-state index in [0.717, 1.165) is 31.5 Å². The monoisotopic (exact) mass is 200 g/mol.